The predicted molar refractivity (Wildman–Crippen MR) is 114 cm³/mol. The van der Waals surface area contributed by atoms with Crippen LogP contribution in [0, 0.1) is 0 Å². The molecule has 0 unspecified atom stereocenters. The fourth-order valence-electron chi connectivity index (χ4n) is 4.19. The van der Waals surface area contributed by atoms with Gasteiger partial charge in [0.05, 0.1) is 5.69 Å². The molecule has 1 aliphatic carbocycles. The van der Waals surface area contributed by atoms with E-state index >= 15 is 0 Å². The lowest BCUT2D eigenvalue weighted by Crippen LogP contribution is -2.43. The van der Waals surface area contributed by atoms with E-state index in [1.165, 1.54) is 5.56 Å². The minimum Gasteiger partial charge on any atom is -0.347 e. The molecule has 8 heteroatoms. The van der Waals surface area contributed by atoms with Crippen molar-refractivity contribution in [2.75, 3.05) is 30.9 Å². The van der Waals surface area contributed by atoms with Gasteiger partial charge in [-0.15, -0.1) is 0 Å². The number of carbonyl (C=O) groups excluding carboxylic acids is 1. The van der Waals surface area contributed by atoms with Gasteiger partial charge in [-0.1, -0.05) is 13.8 Å². The Morgan fingerprint density at radius 3 is 2.76 bits per heavy atom. The van der Waals surface area contributed by atoms with Gasteiger partial charge < -0.3 is 15.1 Å². The number of nitrogens with zero attached hydrogens (tertiary/aromatic N) is 5. The summed E-state index contributed by atoms with van der Waals surface area (Å²) in [6.07, 6.45) is 6.04. The maximum Gasteiger partial charge on any atom is 0.244 e. The molecule has 0 bridgehead atoms. The zero-order valence-corrected chi connectivity index (χ0v) is 17.8. The van der Waals surface area contributed by atoms with Crippen LogP contribution in [0.1, 0.15) is 62.4 Å². The van der Waals surface area contributed by atoms with Gasteiger partial charge in [0, 0.05) is 38.0 Å². The van der Waals surface area contributed by atoms with Gasteiger partial charge in [-0.2, -0.15) is 10.1 Å². The molecule has 4 rings (SSSR count). The van der Waals surface area contributed by atoms with Crippen molar-refractivity contribution in [1.82, 2.24) is 25.1 Å². The minimum absolute atomic E-state index is 0.118. The topological polar surface area (TPSA) is 90.0 Å². The third kappa shape index (κ3) is 3.93. The maximum atomic E-state index is 12.7. The molecule has 156 valence electrons. The van der Waals surface area contributed by atoms with Crippen LogP contribution in [0.5, 0.6) is 0 Å². The number of rotatable bonds is 5. The van der Waals surface area contributed by atoms with E-state index in [1.54, 1.807) is 4.90 Å². The fourth-order valence-corrected chi connectivity index (χ4v) is 4.19. The average Bonchev–Trinajstić information content (AvgIpc) is 3.37. The summed E-state index contributed by atoms with van der Waals surface area (Å²) in [5.74, 6) is 2.76. The van der Waals surface area contributed by atoms with Crippen LogP contribution in [0.2, 0.25) is 0 Å². The van der Waals surface area contributed by atoms with Gasteiger partial charge in [-0.05, 0) is 44.4 Å². The highest BCUT2D eigenvalue weighted by atomic mass is 16.2. The normalized spacial score (nSPS) is 18.8. The van der Waals surface area contributed by atoms with Gasteiger partial charge in [0.2, 0.25) is 11.9 Å². The Bertz CT molecular complexity index is 889. The molecule has 1 fully saturated rings. The monoisotopic (exact) mass is 397 g/mol. The zero-order valence-electron chi connectivity index (χ0n) is 17.8. The number of anilines is 3. The molecule has 0 aromatic carbocycles. The molecule has 8 nitrogen and oxygen atoms in total. The lowest BCUT2D eigenvalue weighted by molar-refractivity contribution is -0.129. The van der Waals surface area contributed by atoms with E-state index in [0.717, 1.165) is 68.1 Å². The molecule has 0 radical (unpaired) electrons. The first-order valence-corrected chi connectivity index (χ1v) is 10.6. The highest BCUT2D eigenvalue weighted by Crippen LogP contribution is 2.32. The number of nitrogens with one attached hydrogen (secondary N) is 2. The van der Waals surface area contributed by atoms with Crippen LogP contribution in [-0.4, -0.2) is 57.7 Å². The van der Waals surface area contributed by atoms with Gasteiger partial charge in [0.15, 0.2) is 5.82 Å². The largest absolute Gasteiger partial charge is 0.347 e. The van der Waals surface area contributed by atoms with Crippen molar-refractivity contribution in [1.29, 1.82) is 0 Å². The summed E-state index contributed by atoms with van der Waals surface area (Å²) in [5.41, 5.74) is 3.38. The number of hydrogen-bond acceptors (Lipinski definition) is 6. The first kappa shape index (κ1) is 19.7. The van der Waals surface area contributed by atoms with Gasteiger partial charge in [0.25, 0.3) is 0 Å². The van der Waals surface area contributed by atoms with E-state index in [2.05, 4.69) is 34.3 Å². The van der Waals surface area contributed by atoms with Crippen molar-refractivity contribution in [3.63, 3.8) is 0 Å². The number of H-pyrrole nitrogens is 1. The Balaban J connectivity index is 1.68. The second kappa shape index (κ2) is 8.00. The molecule has 29 heavy (non-hydrogen) atoms. The Labute approximate surface area is 172 Å². The van der Waals surface area contributed by atoms with Gasteiger partial charge in [0.1, 0.15) is 11.9 Å². The molecule has 1 atom stereocenters. The van der Waals surface area contributed by atoms with Crippen molar-refractivity contribution in [2.45, 2.75) is 64.3 Å². The number of likely N-dealkylation sites (N-methyl/N-ethyl adjacent to an activating group) is 1. The standard InChI is InChI=1S/C21H31N7O/c1-13(2)16-12-18(26-25-16)23-19-14-8-5-6-9-15(14)22-21(24-19)28-11-7-10-17(28)20(29)27(3)4/h12-13,17H,5-11H2,1-4H3,(H2,22,23,24,25,26)/t17-/m1/s1. The van der Waals surface area contributed by atoms with Gasteiger partial charge in [-0.25, -0.2) is 4.98 Å². The Morgan fingerprint density at radius 1 is 1.24 bits per heavy atom. The second-order valence-electron chi connectivity index (χ2n) is 8.58. The number of aryl methyl sites for hydroxylation is 1. The van der Waals surface area contributed by atoms with Crippen LogP contribution in [0.15, 0.2) is 6.07 Å². The van der Waals surface area contributed by atoms with Gasteiger partial charge >= 0.3 is 0 Å². The van der Waals surface area contributed by atoms with Crippen LogP contribution in [0.3, 0.4) is 0 Å². The summed E-state index contributed by atoms with van der Waals surface area (Å²) in [4.78, 5) is 26.2. The summed E-state index contributed by atoms with van der Waals surface area (Å²) >= 11 is 0. The highest BCUT2D eigenvalue weighted by Gasteiger charge is 2.34. The summed E-state index contributed by atoms with van der Waals surface area (Å²) in [6.45, 7) is 5.08. The molecule has 1 saturated heterocycles. The molecule has 3 heterocycles. The molecular formula is C21H31N7O. The number of amides is 1. The molecular weight excluding hydrogens is 366 g/mol. The predicted octanol–water partition coefficient (Wildman–Crippen LogP) is 3.00. The van der Waals surface area contributed by atoms with Crippen molar-refractivity contribution < 1.29 is 4.79 Å². The van der Waals surface area contributed by atoms with Crippen molar-refractivity contribution in [2.24, 2.45) is 0 Å². The lowest BCUT2D eigenvalue weighted by atomic mass is 9.96. The molecule has 2 aromatic rings. The summed E-state index contributed by atoms with van der Waals surface area (Å²) in [7, 11) is 3.62. The van der Waals surface area contributed by atoms with Crippen LogP contribution in [0.25, 0.3) is 0 Å². The van der Waals surface area contributed by atoms with Crippen molar-refractivity contribution in [3.8, 4) is 0 Å². The number of aromatic amines is 1. The molecule has 0 spiro atoms. The van der Waals surface area contributed by atoms with Gasteiger partial charge in [-0.3, -0.25) is 9.89 Å². The summed E-state index contributed by atoms with van der Waals surface area (Å²) < 4.78 is 0. The lowest BCUT2D eigenvalue weighted by Gasteiger charge is -2.28. The highest BCUT2D eigenvalue weighted by molar-refractivity contribution is 5.85. The molecule has 1 amide bonds. The maximum absolute atomic E-state index is 12.7. The van der Waals surface area contributed by atoms with Crippen LogP contribution in [-0.2, 0) is 17.6 Å². The van der Waals surface area contributed by atoms with E-state index in [-0.39, 0.29) is 11.9 Å². The summed E-state index contributed by atoms with van der Waals surface area (Å²) in [6, 6.07) is 1.85. The molecule has 2 aliphatic rings. The Hall–Kier alpha value is -2.64. The minimum atomic E-state index is -0.183. The first-order valence-electron chi connectivity index (χ1n) is 10.6. The van der Waals surface area contributed by atoms with E-state index in [1.807, 2.05) is 20.2 Å². The molecule has 2 aromatic heterocycles. The second-order valence-corrected chi connectivity index (χ2v) is 8.58. The third-order valence-corrected chi connectivity index (χ3v) is 5.87. The average molecular weight is 398 g/mol. The fraction of sp³-hybridized carbons (Fsp3) is 0.619. The number of carbonyl (C=O) groups is 1. The van der Waals surface area contributed by atoms with E-state index in [0.29, 0.717) is 11.9 Å². The summed E-state index contributed by atoms with van der Waals surface area (Å²) in [5, 5.41) is 10.9. The molecule has 0 saturated carbocycles. The Morgan fingerprint density at radius 2 is 2.03 bits per heavy atom. The quantitative estimate of drug-likeness (QED) is 0.806. The third-order valence-electron chi connectivity index (χ3n) is 5.87. The van der Waals surface area contributed by atoms with Crippen LogP contribution in [0.4, 0.5) is 17.6 Å². The number of aromatic nitrogens is 4. The van der Waals surface area contributed by atoms with E-state index in [4.69, 9.17) is 9.97 Å². The SMILES string of the molecule is CC(C)c1cc(Nc2nc(N3CCC[C@@H]3C(=O)N(C)C)nc3c2CCCC3)n[nH]1. The number of fused-ring (bicyclic) bond motifs is 1. The van der Waals surface area contributed by atoms with Crippen molar-refractivity contribution >= 4 is 23.5 Å². The smallest absolute Gasteiger partial charge is 0.244 e. The molecule has 1 aliphatic heterocycles. The number of hydrogen-bond donors (Lipinski definition) is 2. The zero-order chi connectivity index (χ0) is 20.5. The van der Waals surface area contributed by atoms with Crippen LogP contribution < -0.4 is 10.2 Å². The van der Waals surface area contributed by atoms with Crippen molar-refractivity contribution in [3.05, 3.63) is 23.0 Å². The van der Waals surface area contributed by atoms with Crippen LogP contribution >= 0.6 is 0 Å². The Kier molecular flexibility index (Phi) is 5.43. The van der Waals surface area contributed by atoms with E-state index in [9.17, 15) is 4.79 Å². The van der Waals surface area contributed by atoms with E-state index < -0.39 is 0 Å². The first-order chi connectivity index (χ1) is 13.9. The molecule has 2 N–H and O–H groups in total.